The number of nitrogens with zero attached hydrogens (tertiary/aromatic N) is 2. The van der Waals surface area contributed by atoms with Crippen LogP contribution in [-0.4, -0.2) is 4.57 Å². The van der Waals surface area contributed by atoms with Gasteiger partial charge in [-0.1, -0.05) is 106 Å². The second-order valence-corrected chi connectivity index (χ2v) is 10.5. The van der Waals surface area contributed by atoms with Gasteiger partial charge in [-0.25, -0.2) is 4.57 Å². The van der Waals surface area contributed by atoms with Crippen molar-refractivity contribution in [1.29, 1.82) is 0 Å². The molecule has 7 aromatic rings. The van der Waals surface area contributed by atoms with Crippen molar-refractivity contribution in [2.45, 2.75) is 46.1 Å². The average molecular weight is 564 g/mol. The van der Waals surface area contributed by atoms with Crippen LogP contribution in [0.5, 0.6) is 0 Å². The van der Waals surface area contributed by atoms with E-state index in [9.17, 15) is 2.74 Å². The van der Waals surface area contributed by atoms with Gasteiger partial charge in [-0.05, 0) is 59.7 Å². The van der Waals surface area contributed by atoms with Crippen LogP contribution in [0.15, 0.2) is 108 Å². The number of furan rings is 1. The molecule has 0 radical (unpaired) electrons. The van der Waals surface area contributed by atoms with Gasteiger partial charge < -0.3 is 4.42 Å². The molecule has 2 aromatic heterocycles. The van der Waals surface area contributed by atoms with Gasteiger partial charge in [0.1, 0.15) is 16.8 Å². The molecular weight excluding hydrogens is 512 g/mol. The van der Waals surface area contributed by atoms with Gasteiger partial charge >= 0.3 is 0 Å². The van der Waals surface area contributed by atoms with Gasteiger partial charge in [-0.15, -0.1) is 0 Å². The Hall–Kier alpha value is -4.63. The molecule has 0 unspecified atom stereocenters. The van der Waals surface area contributed by atoms with Gasteiger partial charge in [0.2, 0.25) is 0 Å². The minimum absolute atomic E-state index is 0.224. The molecule has 3 heteroatoms. The van der Waals surface area contributed by atoms with E-state index in [4.69, 9.17) is 20.9 Å². The summed E-state index contributed by atoms with van der Waals surface area (Å²) < 4.78 is 130. The second-order valence-electron chi connectivity index (χ2n) is 10.5. The minimum atomic E-state index is -3.56. The molecule has 42 heavy (non-hydrogen) atoms. The summed E-state index contributed by atoms with van der Waals surface area (Å²) >= 11 is 0. The smallest absolute Gasteiger partial charge is 0.299 e. The lowest BCUT2D eigenvalue weighted by Crippen LogP contribution is -2.30. The molecule has 0 bridgehead atoms. The van der Waals surface area contributed by atoms with Crippen molar-refractivity contribution in [3.8, 4) is 28.2 Å². The van der Waals surface area contributed by atoms with E-state index in [0.29, 0.717) is 33.2 Å². The zero-order valence-electron chi connectivity index (χ0n) is 37.1. The normalized spacial score (nSPS) is 18.6. The maximum Gasteiger partial charge on any atom is 0.299 e. The molecule has 2 heterocycles. The van der Waals surface area contributed by atoms with Crippen LogP contribution in [-0.2, 0) is 7.05 Å². The first kappa shape index (κ1) is 15.0. The maximum atomic E-state index is 9.39. The summed E-state index contributed by atoms with van der Waals surface area (Å²) in [5, 5.41) is 1.47. The Morgan fingerprint density at radius 3 is 2.17 bits per heavy atom. The highest BCUT2D eigenvalue weighted by Crippen LogP contribution is 2.42. The first-order valence-corrected chi connectivity index (χ1v) is 13.6. The minimum Gasteiger partial charge on any atom is -0.455 e. The van der Waals surface area contributed by atoms with E-state index < -0.39 is 56.0 Å². The molecule has 208 valence electrons. The van der Waals surface area contributed by atoms with Crippen LogP contribution in [0, 0.1) is 6.92 Å². The Morgan fingerprint density at radius 2 is 1.43 bits per heavy atom. The van der Waals surface area contributed by atoms with E-state index in [-0.39, 0.29) is 11.3 Å². The number of imidazole rings is 1. The number of aromatic nitrogens is 2. The predicted molar refractivity (Wildman–Crippen MR) is 176 cm³/mol. The topological polar surface area (TPSA) is 21.9 Å². The van der Waals surface area contributed by atoms with Crippen molar-refractivity contribution in [1.82, 2.24) is 4.57 Å². The molecule has 0 aliphatic rings. The van der Waals surface area contributed by atoms with Crippen molar-refractivity contribution in [2.24, 2.45) is 7.05 Å². The molecule has 0 fully saturated rings. The van der Waals surface area contributed by atoms with E-state index in [0.717, 1.165) is 34.7 Å². The number of para-hydroxylation sites is 3. The Kier molecular flexibility index (Phi) is 3.58. The van der Waals surface area contributed by atoms with Crippen LogP contribution < -0.4 is 4.57 Å². The molecule has 0 aliphatic heterocycles. The Balaban J connectivity index is 1.71. The highest BCUT2D eigenvalue weighted by Gasteiger charge is 2.33. The highest BCUT2D eigenvalue weighted by molar-refractivity contribution is 6.10. The molecule has 7 rings (SSSR count). The molecular formula is C39H37N2O+. The Labute approximate surface area is 267 Å². The number of rotatable bonds is 5. The standard InChI is InChI=1S/C39H37N2O/c1-24(2)29-15-12-16-30(25(3)4)37(29)41-34-18-11-10-17-33(34)40(6)39(41)36-26(5)19-21-32-31-22-20-28(23-35(31)42-38(32)36)27-13-8-7-9-14-27/h7-25H,1-6H3/q+1/i1D3,2D3,3D3,4D3,24D,25D. The third-order valence-corrected chi connectivity index (χ3v) is 7.99. The third-order valence-electron chi connectivity index (χ3n) is 7.99. The van der Waals surface area contributed by atoms with Gasteiger partial charge in [-0.3, -0.25) is 0 Å². The van der Waals surface area contributed by atoms with Gasteiger partial charge in [-0.2, -0.15) is 4.57 Å². The summed E-state index contributed by atoms with van der Waals surface area (Å²) in [4.78, 5) is 0. The van der Waals surface area contributed by atoms with E-state index >= 15 is 0 Å². The molecule has 0 spiro atoms. The largest absolute Gasteiger partial charge is 0.455 e. The van der Waals surface area contributed by atoms with E-state index in [1.54, 1.807) is 35.9 Å². The Bertz CT molecular complexity index is 2560. The van der Waals surface area contributed by atoms with E-state index in [1.165, 1.54) is 4.57 Å². The molecule has 0 saturated carbocycles. The quantitative estimate of drug-likeness (QED) is 0.191. The number of fused-ring (bicyclic) bond motifs is 4. The van der Waals surface area contributed by atoms with Crippen molar-refractivity contribution in [3.05, 3.63) is 120 Å². The summed E-state index contributed by atoms with van der Waals surface area (Å²) in [6.45, 7) is -12.4. The van der Waals surface area contributed by atoms with Crippen LogP contribution in [0.4, 0.5) is 0 Å². The zero-order chi connectivity index (χ0) is 41.0. The summed E-state index contributed by atoms with van der Waals surface area (Å²) in [6, 6.07) is 29.3. The van der Waals surface area contributed by atoms with Crippen molar-refractivity contribution in [2.75, 3.05) is 0 Å². The monoisotopic (exact) mass is 563 g/mol. The predicted octanol–water partition coefficient (Wildman–Crippen LogP) is 10.2. The zero-order valence-corrected chi connectivity index (χ0v) is 23.1. The second kappa shape index (κ2) is 10.0. The van der Waals surface area contributed by atoms with Crippen LogP contribution in [0.3, 0.4) is 0 Å². The fourth-order valence-electron chi connectivity index (χ4n) is 6.04. The number of benzene rings is 5. The van der Waals surface area contributed by atoms with Gasteiger partial charge in [0.05, 0.1) is 7.05 Å². The summed E-state index contributed by atoms with van der Waals surface area (Å²) in [5.41, 5.74) is 2.73. The fraction of sp³-hybridized carbons (Fsp3) is 0.205. The van der Waals surface area contributed by atoms with Gasteiger partial charge in [0, 0.05) is 41.1 Å². The molecule has 3 nitrogen and oxygen atoms in total. The van der Waals surface area contributed by atoms with Gasteiger partial charge in [0.25, 0.3) is 5.82 Å². The molecule has 0 atom stereocenters. The molecule has 0 aliphatic carbocycles. The third kappa shape index (κ3) is 3.99. The Morgan fingerprint density at radius 1 is 0.738 bits per heavy atom. The van der Waals surface area contributed by atoms with Crippen molar-refractivity contribution < 1.29 is 28.2 Å². The SMILES string of the molecule is [2H]C([2H])([2H])C([2H])(c1cccc(C([2H])(C([2H])([2H])[2H])C([2H])([2H])[2H])c1-n1c(-c2c(C)ccc3c2oc2cc(-c4ccccc4)ccc23)[n+](C)c2ccccc21)C([2H])([2H])[2H]. The lowest BCUT2D eigenvalue weighted by Gasteiger charge is -2.18. The lowest BCUT2D eigenvalue weighted by molar-refractivity contribution is -0.633. The van der Waals surface area contributed by atoms with Crippen molar-refractivity contribution in [3.63, 3.8) is 0 Å². The molecule has 0 N–H and O–H groups in total. The summed E-state index contributed by atoms with van der Waals surface area (Å²) in [5.74, 6) is -6.65. The molecule has 0 amide bonds. The number of aryl methyl sites for hydroxylation is 2. The van der Waals surface area contributed by atoms with E-state index in [1.807, 2.05) is 67.6 Å². The summed E-state index contributed by atoms with van der Waals surface area (Å²) in [6.07, 6.45) is 0. The van der Waals surface area contributed by atoms with Crippen molar-refractivity contribution >= 4 is 33.0 Å². The van der Waals surface area contributed by atoms with Gasteiger partial charge in [0.15, 0.2) is 16.6 Å². The van der Waals surface area contributed by atoms with Crippen LogP contribution >= 0.6 is 0 Å². The highest BCUT2D eigenvalue weighted by atomic mass is 16.3. The van der Waals surface area contributed by atoms with Crippen LogP contribution in [0.1, 0.15) is 75.1 Å². The van der Waals surface area contributed by atoms with Crippen LogP contribution in [0.25, 0.3) is 61.2 Å². The first-order chi connectivity index (χ1) is 25.9. The number of hydrogen-bond acceptors (Lipinski definition) is 1. The average Bonchev–Trinajstić information content (AvgIpc) is 3.63. The molecule has 0 saturated heterocycles. The van der Waals surface area contributed by atoms with E-state index in [2.05, 4.69) is 0 Å². The summed E-state index contributed by atoms with van der Waals surface area (Å²) in [7, 11) is 1.70. The fourth-order valence-corrected chi connectivity index (χ4v) is 6.04. The first-order valence-electron chi connectivity index (χ1n) is 20.6. The number of hydrogen-bond donors (Lipinski definition) is 0. The van der Waals surface area contributed by atoms with Crippen LogP contribution in [0.2, 0.25) is 0 Å². The lowest BCUT2D eigenvalue weighted by atomic mass is 9.92. The molecule has 5 aromatic carbocycles. The maximum absolute atomic E-state index is 9.39.